The Morgan fingerprint density at radius 2 is 2.64 bits per heavy atom. The predicted octanol–water partition coefficient (Wildman–Crippen LogP) is 0.349. The summed E-state index contributed by atoms with van der Waals surface area (Å²) in [6, 6.07) is 0.377. The topological polar surface area (TPSA) is 52.0 Å². The molecule has 1 aliphatic rings. The molecule has 0 amide bonds. The van der Waals surface area contributed by atoms with Gasteiger partial charge in [0, 0.05) is 6.61 Å². The molecule has 2 rings (SSSR count). The van der Waals surface area contributed by atoms with E-state index in [0.29, 0.717) is 6.04 Å². The van der Waals surface area contributed by atoms with Gasteiger partial charge in [0.1, 0.15) is 6.33 Å². The van der Waals surface area contributed by atoms with E-state index in [0.717, 1.165) is 38.4 Å². The van der Waals surface area contributed by atoms with Crippen molar-refractivity contribution in [2.24, 2.45) is 0 Å². The van der Waals surface area contributed by atoms with Crippen LogP contribution in [-0.4, -0.2) is 35.0 Å². The van der Waals surface area contributed by atoms with E-state index in [4.69, 9.17) is 4.74 Å². The molecule has 1 aromatic heterocycles. The number of hydrogen-bond donors (Lipinski definition) is 1. The van der Waals surface area contributed by atoms with E-state index in [-0.39, 0.29) is 0 Å². The molecule has 5 heteroatoms. The van der Waals surface area contributed by atoms with Gasteiger partial charge in [-0.3, -0.25) is 0 Å². The highest BCUT2D eigenvalue weighted by Crippen LogP contribution is 2.17. The summed E-state index contributed by atoms with van der Waals surface area (Å²) < 4.78 is 7.32. The summed E-state index contributed by atoms with van der Waals surface area (Å²) in [5.74, 6) is 0.845. The molecule has 0 saturated carbocycles. The lowest BCUT2D eigenvalue weighted by Crippen LogP contribution is -2.21. The Morgan fingerprint density at radius 1 is 1.71 bits per heavy atom. The Kier molecular flexibility index (Phi) is 3.10. The first-order valence-corrected chi connectivity index (χ1v) is 5.02. The molecule has 2 heterocycles. The minimum atomic E-state index is 0.377. The zero-order valence-electron chi connectivity index (χ0n) is 8.44. The van der Waals surface area contributed by atoms with Gasteiger partial charge in [-0.25, -0.2) is 9.67 Å². The van der Waals surface area contributed by atoms with E-state index in [1.807, 2.05) is 11.7 Å². The highest BCUT2D eigenvalue weighted by Gasteiger charge is 2.16. The first-order chi connectivity index (χ1) is 6.90. The van der Waals surface area contributed by atoms with Gasteiger partial charge in [-0.2, -0.15) is 5.10 Å². The Morgan fingerprint density at radius 3 is 3.36 bits per heavy atom. The largest absolute Gasteiger partial charge is 0.379 e. The molecule has 0 aliphatic carbocycles. The number of aromatic nitrogens is 3. The van der Waals surface area contributed by atoms with Crippen molar-refractivity contribution in [1.29, 1.82) is 0 Å². The van der Waals surface area contributed by atoms with Crippen LogP contribution in [0.25, 0.3) is 0 Å². The number of nitrogens with zero attached hydrogens (tertiary/aromatic N) is 3. The van der Waals surface area contributed by atoms with Crippen LogP contribution in [0.15, 0.2) is 6.33 Å². The molecule has 1 aromatic rings. The second kappa shape index (κ2) is 4.52. The molecule has 1 unspecified atom stereocenters. The Labute approximate surface area is 83.5 Å². The van der Waals surface area contributed by atoms with Crippen LogP contribution in [0.1, 0.15) is 24.7 Å². The zero-order chi connectivity index (χ0) is 9.80. The van der Waals surface area contributed by atoms with Crippen LogP contribution in [0, 0.1) is 0 Å². The molecule has 5 nitrogen and oxygen atoms in total. The molecule has 1 atom stereocenters. The van der Waals surface area contributed by atoms with E-state index in [1.165, 1.54) is 0 Å². The lowest BCUT2D eigenvalue weighted by molar-refractivity contribution is 0.0547. The van der Waals surface area contributed by atoms with Crippen molar-refractivity contribution < 1.29 is 4.74 Å². The van der Waals surface area contributed by atoms with Crippen molar-refractivity contribution in [3.8, 4) is 0 Å². The molecule has 1 aliphatic heterocycles. The first-order valence-electron chi connectivity index (χ1n) is 5.02. The van der Waals surface area contributed by atoms with Gasteiger partial charge in [0.2, 0.25) is 0 Å². The maximum absolute atomic E-state index is 5.40. The predicted molar refractivity (Wildman–Crippen MR) is 51.9 cm³/mol. The van der Waals surface area contributed by atoms with Crippen molar-refractivity contribution in [2.45, 2.75) is 25.4 Å². The molecule has 0 aromatic carbocycles. The van der Waals surface area contributed by atoms with E-state index in [1.54, 1.807) is 6.33 Å². The highest BCUT2D eigenvalue weighted by atomic mass is 16.5. The second-order valence-electron chi connectivity index (χ2n) is 3.54. The van der Waals surface area contributed by atoms with E-state index in [2.05, 4.69) is 15.4 Å². The van der Waals surface area contributed by atoms with Crippen LogP contribution in [-0.2, 0) is 11.3 Å². The quantitative estimate of drug-likeness (QED) is 0.758. The normalized spacial score (nSPS) is 22.5. The van der Waals surface area contributed by atoms with Crippen LogP contribution in [0.4, 0.5) is 0 Å². The fraction of sp³-hybridized carbons (Fsp3) is 0.778. The van der Waals surface area contributed by atoms with Gasteiger partial charge in [0.15, 0.2) is 5.82 Å². The highest BCUT2D eigenvalue weighted by molar-refractivity contribution is 4.83. The minimum absolute atomic E-state index is 0.377. The molecular formula is C9H16N4O. The minimum Gasteiger partial charge on any atom is -0.379 e. The molecular weight excluding hydrogens is 180 g/mol. The average molecular weight is 196 g/mol. The number of nitrogens with one attached hydrogen (secondary N) is 1. The van der Waals surface area contributed by atoms with Gasteiger partial charge in [0.25, 0.3) is 0 Å². The average Bonchev–Trinajstić information content (AvgIpc) is 2.68. The van der Waals surface area contributed by atoms with Crippen molar-refractivity contribution in [2.75, 3.05) is 20.3 Å². The van der Waals surface area contributed by atoms with Gasteiger partial charge in [-0.15, -0.1) is 0 Å². The zero-order valence-corrected chi connectivity index (χ0v) is 8.44. The van der Waals surface area contributed by atoms with Crippen molar-refractivity contribution in [1.82, 2.24) is 20.1 Å². The summed E-state index contributed by atoms with van der Waals surface area (Å²) in [6.45, 7) is 2.37. The smallest absolute Gasteiger partial charge is 0.164 e. The van der Waals surface area contributed by atoms with Crippen molar-refractivity contribution >= 4 is 0 Å². The van der Waals surface area contributed by atoms with E-state index < -0.39 is 0 Å². The number of rotatable bonds is 3. The summed E-state index contributed by atoms with van der Waals surface area (Å²) in [5.41, 5.74) is 0. The molecule has 0 radical (unpaired) electrons. The van der Waals surface area contributed by atoms with Crippen LogP contribution in [0.2, 0.25) is 0 Å². The molecule has 78 valence electrons. The fourth-order valence-electron chi connectivity index (χ4n) is 1.66. The van der Waals surface area contributed by atoms with Gasteiger partial charge in [-0.1, -0.05) is 0 Å². The molecule has 1 fully saturated rings. The summed E-state index contributed by atoms with van der Waals surface area (Å²) in [6.07, 6.45) is 4.06. The summed E-state index contributed by atoms with van der Waals surface area (Å²) >= 11 is 0. The lowest BCUT2D eigenvalue weighted by Gasteiger charge is -2.21. The Bertz CT molecular complexity index is 280. The van der Waals surface area contributed by atoms with Crippen LogP contribution >= 0.6 is 0 Å². The standard InChI is InChI=1S/C9H16N4O/c1-10-5-9-11-7-13(12-9)8-3-2-4-14-6-8/h7-8,10H,2-6H2,1H3. The lowest BCUT2D eigenvalue weighted by atomic mass is 10.1. The van der Waals surface area contributed by atoms with Crippen molar-refractivity contribution in [3.05, 3.63) is 12.2 Å². The maximum atomic E-state index is 5.40. The van der Waals surface area contributed by atoms with Gasteiger partial charge >= 0.3 is 0 Å². The van der Waals surface area contributed by atoms with Crippen LogP contribution in [0.5, 0.6) is 0 Å². The van der Waals surface area contributed by atoms with E-state index >= 15 is 0 Å². The Hall–Kier alpha value is -0.940. The third kappa shape index (κ3) is 2.10. The third-order valence-corrected chi connectivity index (χ3v) is 2.40. The fourth-order valence-corrected chi connectivity index (χ4v) is 1.66. The number of ether oxygens (including phenoxy) is 1. The summed E-state index contributed by atoms with van der Waals surface area (Å²) in [5, 5.41) is 7.42. The van der Waals surface area contributed by atoms with E-state index in [9.17, 15) is 0 Å². The van der Waals surface area contributed by atoms with Gasteiger partial charge in [0.05, 0.1) is 19.2 Å². The van der Waals surface area contributed by atoms with Crippen LogP contribution in [0.3, 0.4) is 0 Å². The van der Waals surface area contributed by atoms with Crippen molar-refractivity contribution in [3.63, 3.8) is 0 Å². The first kappa shape index (κ1) is 9.61. The third-order valence-electron chi connectivity index (χ3n) is 2.40. The molecule has 1 saturated heterocycles. The monoisotopic (exact) mass is 196 g/mol. The molecule has 0 bridgehead atoms. The maximum Gasteiger partial charge on any atom is 0.164 e. The Balaban J connectivity index is 2.00. The molecule has 14 heavy (non-hydrogen) atoms. The summed E-state index contributed by atoms with van der Waals surface area (Å²) in [4.78, 5) is 4.21. The SMILES string of the molecule is CNCc1ncn(C2CCCOC2)n1. The number of hydrogen-bond acceptors (Lipinski definition) is 4. The second-order valence-corrected chi connectivity index (χ2v) is 3.54. The summed E-state index contributed by atoms with van der Waals surface area (Å²) in [7, 11) is 1.89. The molecule has 1 N–H and O–H groups in total. The van der Waals surface area contributed by atoms with Crippen LogP contribution < -0.4 is 5.32 Å². The van der Waals surface area contributed by atoms with Gasteiger partial charge in [-0.05, 0) is 19.9 Å². The van der Waals surface area contributed by atoms with Gasteiger partial charge < -0.3 is 10.1 Å². The molecule has 0 spiro atoms.